The van der Waals surface area contributed by atoms with Crippen molar-refractivity contribution in [1.82, 2.24) is 15.1 Å². The summed E-state index contributed by atoms with van der Waals surface area (Å²) in [5.74, 6) is 0.438. The number of amides is 1. The third-order valence-electron chi connectivity index (χ3n) is 3.22. The summed E-state index contributed by atoms with van der Waals surface area (Å²) >= 11 is 6.96. The van der Waals surface area contributed by atoms with Crippen molar-refractivity contribution in [2.24, 2.45) is 5.73 Å². The van der Waals surface area contributed by atoms with Crippen LogP contribution in [0.4, 0.5) is 0 Å². The molecule has 0 aromatic carbocycles. The Morgan fingerprint density at radius 1 is 1.55 bits per heavy atom. The number of fused-ring (bicyclic) bond motifs is 1. The second-order valence-corrected chi connectivity index (χ2v) is 7.36. The number of aromatic nitrogens is 2. The molecule has 2 N–H and O–H groups in total. The minimum Gasteiger partial charge on any atom is -0.317 e. The molecule has 1 aromatic rings. The van der Waals surface area contributed by atoms with Gasteiger partial charge in [-0.25, -0.2) is 0 Å². The Morgan fingerprint density at radius 3 is 2.90 bits per heavy atom. The molecule has 2 aliphatic heterocycles. The minimum atomic E-state index is -0.520. The van der Waals surface area contributed by atoms with Crippen LogP contribution in [0.1, 0.15) is 10.0 Å². The molecule has 9 heteroatoms. The molecule has 6 nitrogen and oxygen atoms in total. The van der Waals surface area contributed by atoms with Crippen LogP contribution in [0.25, 0.3) is 0 Å². The van der Waals surface area contributed by atoms with E-state index in [4.69, 9.17) is 5.73 Å². The number of thiol groups is 1. The lowest BCUT2D eigenvalue weighted by molar-refractivity contribution is -0.142. The average molecular weight is 328 g/mol. The highest BCUT2D eigenvalue weighted by Gasteiger charge is 2.51. The molecule has 2 atom stereocenters. The van der Waals surface area contributed by atoms with Crippen molar-refractivity contribution in [3.05, 3.63) is 21.3 Å². The number of β-lactam (4-membered cyclic amide) rings is 1. The third-order valence-corrected chi connectivity index (χ3v) is 5.63. The predicted molar refractivity (Wildman–Crippen MR) is 80.4 cm³/mol. The summed E-state index contributed by atoms with van der Waals surface area (Å²) in [6.45, 7) is 1.88. The van der Waals surface area contributed by atoms with Crippen molar-refractivity contribution >= 4 is 46.7 Å². The highest BCUT2D eigenvalue weighted by atomic mass is 32.2. The van der Waals surface area contributed by atoms with Gasteiger partial charge in [-0.1, -0.05) is 12.6 Å². The fraction of sp³-hybridized carbons (Fsp3) is 0.455. The van der Waals surface area contributed by atoms with Gasteiger partial charge in [0.1, 0.15) is 21.4 Å². The summed E-state index contributed by atoms with van der Waals surface area (Å²) in [4.78, 5) is 25.1. The zero-order valence-corrected chi connectivity index (χ0v) is 13.1. The smallest absolute Gasteiger partial charge is 0.248 e. The van der Waals surface area contributed by atoms with E-state index in [0.29, 0.717) is 17.9 Å². The van der Waals surface area contributed by atoms with E-state index in [2.05, 4.69) is 22.8 Å². The molecule has 0 bridgehead atoms. The lowest BCUT2D eigenvalue weighted by atomic mass is 10.0. The van der Waals surface area contributed by atoms with Crippen molar-refractivity contribution in [1.29, 1.82) is 0 Å². The molecular formula is C11H12N4O2S3. The lowest BCUT2D eigenvalue weighted by Crippen LogP contribution is -2.68. The van der Waals surface area contributed by atoms with Crippen molar-refractivity contribution in [3.63, 3.8) is 0 Å². The van der Waals surface area contributed by atoms with Crippen molar-refractivity contribution < 1.29 is 9.59 Å². The van der Waals surface area contributed by atoms with Crippen LogP contribution >= 0.6 is 35.7 Å². The molecule has 106 valence electrons. The molecule has 0 spiro atoms. The Hall–Kier alpha value is -0.900. The number of rotatable bonds is 3. The molecule has 1 amide bonds. The molecule has 0 radical (unpaired) electrons. The number of carbonyl (C=O) groups excluding carboxylic acids is 2. The molecular weight excluding hydrogens is 316 g/mol. The first-order valence-electron chi connectivity index (χ1n) is 5.93. The van der Waals surface area contributed by atoms with Gasteiger partial charge in [-0.2, -0.15) is 0 Å². The van der Waals surface area contributed by atoms with Gasteiger partial charge >= 0.3 is 0 Å². The number of nitrogens with two attached hydrogens (primary N) is 1. The minimum absolute atomic E-state index is 0.145. The maximum absolute atomic E-state index is 11.9. The van der Waals surface area contributed by atoms with E-state index in [1.807, 2.05) is 6.92 Å². The van der Waals surface area contributed by atoms with Crippen LogP contribution in [-0.2, 0) is 16.0 Å². The summed E-state index contributed by atoms with van der Waals surface area (Å²) in [6, 6.07) is -0.520. The number of hydrogen-bond donors (Lipinski definition) is 2. The van der Waals surface area contributed by atoms with Gasteiger partial charge in [-0.15, -0.1) is 33.3 Å². The SMILES string of the molecule is Cc1nnc(CC2=C(C(=O)S)N3C(=O)C(N)[C@H]3SC2)s1. The van der Waals surface area contributed by atoms with Crippen molar-refractivity contribution in [2.45, 2.75) is 24.8 Å². The van der Waals surface area contributed by atoms with Crippen LogP contribution in [0.3, 0.4) is 0 Å². The van der Waals surface area contributed by atoms with Gasteiger partial charge in [-0.05, 0) is 12.5 Å². The van der Waals surface area contributed by atoms with Gasteiger partial charge in [-0.3, -0.25) is 14.5 Å². The Balaban J connectivity index is 1.94. The van der Waals surface area contributed by atoms with Crippen LogP contribution in [0.2, 0.25) is 0 Å². The second-order valence-electron chi connectivity index (χ2n) is 4.58. The van der Waals surface area contributed by atoms with E-state index in [1.54, 1.807) is 11.8 Å². The molecule has 3 heterocycles. The van der Waals surface area contributed by atoms with Gasteiger partial charge in [0.15, 0.2) is 0 Å². The maximum Gasteiger partial charge on any atom is 0.248 e. The fourth-order valence-corrected chi connectivity index (χ4v) is 4.62. The monoisotopic (exact) mass is 328 g/mol. The van der Waals surface area contributed by atoms with Crippen LogP contribution in [0.15, 0.2) is 11.3 Å². The van der Waals surface area contributed by atoms with Crippen LogP contribution in [-0.4, -0.2) is 43.3 Å². The average Bonchev–Trinajstić information content (AvgIpc) is 2.82. The van der Waals surface area contributed by atoms with Gasteiger partial charge in [0.25, 0.3) is 0 Å². The Bertz CT molecular complexity index is 627. The molecule has 0 aliphatic carbocycles. The number of aryl methyl sites for hydroxylation is 1. The summed E-state index contributed by atoms with van der Waals surface area (Å²) in [6.07, 6.45) is 0.520. The highest BCUT2D eigenvalue weighted by Crippen LogP contribution is 2.40. The van der Waals surface area contributed by atoms with E-state index < -0.39 is 11.2 Å². The second kappa shape index (κ2) is 5.14. The van der Waals surface area contributed by atoms with E-state index in [9.17, 15) is 9.59 Å². The lowest BCUT2D eigenvalue weighted by Gasteiger charge is -2.48. The van der Waals surface area contributed by atoms with E-state index in [1.165, 1.54) is 16.2 Å². The van der Waals surface area contributed by atoms with Crippen LogP contribution in [0, 0.1) is 6.92 Å². The first-order valence-corrected chi connectivity index (χ1v) is 8.25. The van der Waals surface area contributed by atoms with Gasteiger partial charge in [0.2, 0.25) is 11.0 Å². The first kappa shape index (κ1) is 14.1. The number of hydrogen-bond acceptors (Lipinski definition) is 7. The molecule has 1 unspecified atom stereocenters. The molecule has 2 aliphatic rings. The summed E-state index contributed by atoms with van der Waals surface area (Å²) < 4.78 is 0. The molecule has 3 rings (SSSR count). The molecule has 1 fully saturated rings. The van der Waals surface area contributed by atoms with Crippen molar-refractivity contribution in [3.8, 4) is 0 Å². The van der Waals surface area contributed by atoms with Crippen LogP contribution < -0.4 is 5.73 Å². The van der Waals surface area contributed by atoms with E-state index in [0.717, 1.165) is 15.6 Å². The predicted octanol–water partition coefficient (Wildman–Crippen LogP) is 0.342. The maximum atomic E-state index is 11.9. The number of carbonyl (C=O) groups is 2. The molecule has 1 saturated heterocycles. The van der Waals surface area contributed by atoms with E-state index in [-0.39, 0.29) is 11.3 Å². The van der Waals surface area contributed by atoms with Gasteiger partial charge in [0, 0.05) is 12.2 Å². The van der Waals surface area contributed by atoms with Gasteiger partial charge in [0.05, 0.1) is 5.70 Å². The summed E-state index contributed by atoms with van der Waals surface area (Å²) in [5.41, 5.74) is 6.98. The zero-order valence-electron chi connectivity index (χ0n) is 10.6. The van der Waals surface area contributed by atoms with Gasteiger partial charge < -0.3 is 5.73 Å². The van der Waals surface area contributed by atoms with Crippen molar-refractivity contribution in [2.75, 3.05) is 5.75 Å². The topological polar surface area (TPSA) is 89.2 Å². The first-order chi connectivity index (χ1) is 9.49. The summed E-state index contributed by atoms with van der Waals surface area (Å²) in [7, 11) is 0. The zero-order chi connectivity index (χ0) is 14.4. The standard InChI is InChI=1S/C11H12N4O2S3/c1-4-13-14-6(20-4)2-5-3-19-10-7(12)9(16)15(10)8(5)11(17)18/h7,10H,2-3,12H2,1H3,(H,17,18)/t7?,10-/m1/s1. The van der Waals surface area contributed by atoms with E-state index >= 15 is 0 Å². The Labute approximate surface area is 129 Å². The largest absolute Gasteiger partial charge is 0.317 e. The third kappa shape index (κ3) is 2.18. The fourth-order valence-electron chi connectivity index (χ4n) is 2.31. The molecule has 20 heavy (non-hydrogen) atoms. The Morgan fingerprint density at radius 2 is 2.30 bits per heavy atom. The quantitative estimate of drug-likeness (QED) is 0.614. The van der Waals surface area contributed by atoms with Crippen LogP contribution in [0.5, 0.6) is 0 Å². The number of nitrogens with zero attached hydrogens (tertiary/aromatic N) is 3. The molecule has 1 aromatic heterocycles. The Kier molecular flexibility index (Phi) is 3.61. The summed E-state index contributed by atoms with van der Waals surface area (Å²) in [5, 5.41) is 9.19. The normalized spacial score (nSPS) is 25.6. The molecule has 0 saturated carbocycles. The highest BCUT2D eigenvalue weighted by molar-refractivity contribution is 8.00. The number of thioether (sulfide) groups is 1.